The van der Waals surface area contributed by atoms with Crippen LogP contribution in [0.4, 0.5) is 9.59 Å². The van der Waals surface area contributed by atoms with Gasteiger partial charge in [-0.2, -0.15) is 0 Å². The molecule has 192 valence electrons. The van der Waals surface area contributed by atoms with Gasteiger partial charge in [-0.1, -0.05) is 48.5 Å². The summed E-state index contributed by atoms with van der Waals surface area (Å²) in [7, 11) is 0. The van der Waals surface area contributed by atoms with Crippen LogP contribution in [0.25, 0.3) is 11.1 Å². The number of rotatable bonds is 6. The molecule has 0 spiro atoms. The van der Waals surface area contributed by atoms with E-state index in [1.807, 2.05) is 57.2 Å². The quantitative estimate of drug-likeness (QED) is 0.658. The fourth-order valence-corrected chi connectivity index (χ4v) is 5.01. The number of carbonyl (C=O) groups excluding carboxylic acids is 3. The molecule has 1 N–H and O–H groups in total. The number of carbonyl (C=O) groups is 3. The summed E-state index contributed by atoms with van der Waals surface area (Å²) >= 11 is 0. The molecule has 1 fully saturated rings. The van der Waals surface area contributed by atoms with Gasteiger partial charge < -0.3 is 29.6 Å². The highest BCUT2D eigenvalue weighted by molar-refractivity contribution is 5.80. The summed E-state index contributed by atoms with van der Waals surface area (Å²) < 4.78 is 10.9. The summed E-state index contributed by atoms with van der Waals surface area (Å²) in [5, 5.41) is 14.2. The highest BCUT2D eigenvalue weighted by Gasteiger charge is 2.31. The first-order valence-electron chi connectivity index (χ1n) is 12.4. The van der Waals surface area contributed by atoms with Crippen molar-refractivity contribution in [3.63, 3.8) is 0 Å². The fourth-order valence-electron chi connectivity index (χ4n) is 5.01. The summed E-state index contributed by atoms with van der Waals surface area (Å²) in [5.41, 5.74) is 3.83. The molecule has 0 saturated carbocycles. The summed E-state index contributed by atoms with van der Waals surface area (Å²) in [5.74, 6) is -1.43. The van der Waals surface area contributed by atoms with E-state index < -0.39 is 23.7 Å². The highest BCUT2D eigenvalue weighted by atomic mass is 16.6. The lowest BCUT2D eigenvalue weighted by molar-refractivity contribution is -0.308. The third kappa shape index (κ3) is 5.98. The lowest BCUT2D eigenvalue weighted by Crippen LogP contribution is -2.50. The molecule has 2 amide bonds. The van der Waals surface area contributed by atoms with Gasteiger partial charge in [0, 0.05) is 19.0 Å². The van der Waals surface area contributed by atoms with Crippen LogP contribution < -0.4 is 10.4 Å². The van der Waals surface area contributed by atoms with Crippen molar-refractivity contribution in [3.05, 3.63) is 59.7 Å². The zero-order valence-corrected chi connectivity index (χ0v) is 21.0. The topological polar surface area (TPSA) is 108 Å². The lowest BCUT2D eigenvalue weighted by Gasteiger charge is -2.34. The number of alkyl carbamates (subject to hydrolysis) is 1. The molecular weight excluding hydrogens is 460 g/mol. The van der Waals surface area contributed by atoms with E-state index in [1.54, 1.807) is 4.90 Å². The molecule has 1 saturated heterocycles. The van der Waals surface area contributed by atoms with E-state index in [1.165, 1.54) is 0 Å². The van der Waals surface area contributed by atoms with E-state index in [-0.39, 0.29) is 31.0 Å². The van der Waals surface area contributed by atoms with Crippen molar-refractivity contribution >= 4 is 18.2 Å². The van der Waals surface area contributed by atoms with E-state index >= 15 is 0 Å². The Kier molecular flexibility index (Phi) is 7.52. The van der Waals surface area contributed by atoms with Crippen LogP contribution in [0.15, 0.2) is 48.5 Å². The minimum atomic E-state index is -1.35. The standard InChI is InChI=1S/C28H34N2O6/c1-28(2,3)36-27(34)30-14-12-18(13-15-30)16-24(25(31)32)29-26(33)35-17-23-21-10-6-4-8-19(21)20-9-5-7-11-22(20)23/h4-11,18,23-24H,12-17H2,1-3H3,(H,29,33)(H,31,32)/p-1/t24-/m1/s1. The molecule has 1 aliphatic carbocycles. The molecule has 36 heavy (non-hydrogen) atoms. The summed E-state index contributed by atoms with van der Waals surface area (Å²) in [6.07, 6.45) is 0.311. The third-order valence-electron chi connectivity index (χ3n) is 6.76. The van der Waals surface area contributed by atoms with Gasteiger partial charge in [-0.25, -0.2) is 9.59 Å². The number of benzene rings is 2. The predicted octanol–water partition coefficient (Wildman–Crippen LogP) is 3.68. The number of aliphatic carboxylic acids is 1. The minimum Gasteiger partial charge on any atom is -0.548 e. The fraction of sp³-hybridized carbons (Fsp3) is 0.464. The Morgan fingerprint density at radius 2 is 1.56 bits per heavy atom. The molecule has 1 aliphatic heterocycles. The average molecular weight is 494 g/mol. The molecular formula is C28H33N2O6-. The first-order chi connectivity index (χ1) is 17.1. The van der Waals surface area contributed by atoms with E-state index in [0.29, 0.717) is 25.9 Å². The Morgan fingerprint density at radius 3 is 2.08 bits per heavy atom. The van der Waals surface area contributed by atoms with Gasteiger partial charge in [0.05, 0.1) is 12.0 Å². The van der Waals surface area contributed by atoms with Crippen LogP contribution in [0.3, 0.4) is 0 Å². The van der Waals surface area contributed by atoms with Gasteiger partial charge in [-0.05, 0) is 68.2 Å². The molecule has 1 atom stereocenters. The first-order valence-corrected chi connectivity index (χ1v) is 12.4. The van der Waals surface area contributed by atoms with Gasteiger partial charge >= 0.3 is 12.2 Å². The van der Waals surface area contributed by atoms with Gasteiger partial charge in [0.1, 0.15) is 12.2 Å². The number of nitrogens with one attached hydrogen (secondary N) is 1. The van der Waals surface area contributed by atoms with Gasteiger partial charge in [-0.15, -0.1) is 0 Å². The maximum Gasteiger partial charge on any atom is 0.410 e. The number of hydrogen-bond acceptors (Lipinski definition) is 6. The Hall–Kier alpha value is -3.55. The Balaban J connectivity index is 1.30. The summed E-state index contributed by atoms with van der Waals surface area (Å²) in [4.78, 5) is 38.2. The molecule has 0 aromatic heterocycles. The third-order valence-corrected chi connectivity index (χ3v) is 6.76. The van der Waals surface area contributed by atoms with Crippen molar-refractivity contribution in [3.8, 4) is 11.1 Å². The van der Waals surface area contributed by atoms with Gasteiger partial charge in [0.25, 0.3) is 0 Å². The van der Waals surface area contributed by atoms with Crippen LogP contribution in [0.1, 0.15) is 57.1 Å². The lowest BCUT2D eigenvalue weighted by atomic mass is 9.90. The SMILES string of the molecule is CC(C)(C)OC(=O)N1CCC(C[C@@H](NC(=O)OCC2c3ccccc3-c3ccccc32)C(=O)[O-])CC1. The molecule has 2 aliphatic rings. The van der Waals surface area contributed by atoms with Crippen molar-refractivity contribution in [2.75, 3.05) is 19.7 Å². The summed E-state index contributed by atoms with van der Waals surface area (Å²) in [6, 6.07) is 14.9. The maximum absolute atomic E-state index is 12.6. The van der Waals surface area contributed by atoms with Gasteiger partial charge in [-0.3, -0.25) is 0 Å². The van der Waals surface area contributed by atoms with Crippen molar-refractivity contribution < 1.29 is 29.0 Å². The van der Waals surface area contributed by atoms with Crippen LogP contribution in [0.5, 0.6) is 0 Å². The first kappa shape index (κ1) is 25.5. The van der Waals surface area contributed by atoms with Crippen LogP contribution in [0, 0.1) is 5.92 Å². The molecule has 8 nitrogen and oxygen atoms in total. The number of carboxylic acid groups (broad SMARTS) is 1. The molecule has 2 aromatic rings. The van der Waals surface area contributed by atoms with E-state index in [4.69, 9.17) is 9.47 Å². The number of nitrogens with zero attached hydrogens (tertiary/aromatic N) is 1. The normalized spacial score (nSPS) is 16.6. The smallest absolute Gasteiger partial charge is 0.410 e. The average Bonchev–Trinajstić information content (AvgIpc) is 3.15. The van der Waals surface area contributed by atoms with Crippen LogP contribution in [-0.4, -0.2) is 54.4 Å². The number of fused-ring (bicyclic) bond motifs is 3. The van der Waals surface area contributed by atoms with E-state index in [2.05, 4.69) is 17.4 Å². The van der Waals surface area contributed by atoms with Crippen LogP contribution in [-0.2, 0) is 14.3 Å². The molecule has 0 unspecified atom stereocenters. The Bertz CT molecular complexity index is 1070. The predicted molar refractivity (Wildman–Crippen MR) is 132 cm³/mol. The Morgan fingerprint density at radius 1 is 1.00 bits per heavy atom. The number of piperidine rings is 1. The van der Waals surface area contributed by atoms with Crippen LogP contribution in [0.2, 0.25) is 0 Å². The Labute approximate surface area is 211 Å². The monoisotopic (exact) mass is 493 g/mol. The molecule has 4 rings (SSSR count). The van der Waals surface area contributed by atoms with Crippen molar-refractivity contribution in [2.24, 2.45) is 5.92 Å². The van der Waals surface area contributed by atoms with Crippen LogP contribution >= 0.6 is 0 Å². The van der Waals surface area contributed by atoms with Crippen molar-refractivity contribution in [2.45, 2.75) is 57.6 Å². The number of likely N-dealkylation sites (tertiary alicyclic amines) is 1. The second-order valence-electron chi connectivity index (χ2n) is 10.5. The van der Waals surface area contributed by atoms with E-state index in [0.717, 1.165) is 22.3 Å². The number of carboxylic acids is 1. The van der Waals surface area contributed by atoms with Gasteiger partial charge in [0.2, 0.25) is 0 Å². The van der Waals surface area contributed by atoms with Crippen molar-refractivity contribution in [1.82, 2.24) is 10.2 Å². The molecule has 0 radical (unpaired) electrons. The summed E-state index contributed by atoms with van der Waals surface area (Å²) in [6.45, 7) is 6.51. The molecule has 8 heteroatoms. The number of amides is 2. The largest absolute Gasteiger partial charge is 0.548 e. The molecule has 1 heterocycles. The zero-order chi connectivity index (χ0) is 25.9. The van der Waals surface area contributed by atoms with E-state index in [9.17, 15) is 19.5 Å². The van der Waals surface area contributed by atoms with Gasteiger partial charge in [0.15, 0.2) is 0 Å². The minimum absolute atomic E-state index is 0.0282. The number of ether oxygens (including phenoxy) is 2. The maximum atomic E-state index is 12.6. The second-order valence-corrected chi connectivity index (χ2v) is 10.5. The number of hydrogen-bond donors (Lipinski definition) is 1. The molecule has 2 aromatic carbocycles. The highest BCUT2D eigenvalue weighted by Crippen LogP contribution is 2.44. The second kappa shape index (κ2) is 10.6. The van der Waals surface area contributed by atoms with Crippen molar-refractivity contribution in [1.29, 1.82) is 0 Å². The zero-order valence-electron chi connectivity index (χ0n) is 21.0. The molecule has 0 bridgehead atoms.